The van der Waals surface area contributed by atoms with Gasteiger partial charge in [0.2, 0.25) is 0 Å². The van der Waals surface area contributed by atoms with Gasteiger partial charge in [0.1, 0.15) is 12.4 Å². The highest BCUT2D eigenvalue weighted by atomic mass is 32.2. The highest BCUT2D eigenvalue weighted by Crippen LogP contribution is 2.30. The number of ether oxygens (including phenoxy) is 1. The van der Waals surface area contributed by atoms with Gasteiger partial charge in [0.25, 0.3) is 5.91 Å². The number of benzene rings is 2. The molecule has 3 aromatic rings. The highest BCUT2D eigenvalue weighted by Gasteiger charge is 2.17. The summed E-state index contributed by atoms with van der Waals surface area (Å²) < 4.78 is 8.12. The Morgan fingerprint density at radius 1 is 1.00 bits per heavy atom. The number of aromatic nitrogens is 2. The molecule has 174 valence electrons. The molecule has 0 bridgehead atoms. The Morgan fingerprint density at radius 3 is 2.24 bits per heavy atom. The van der Waals surface area contributed by atoms with Crippen molar-refractivity contribution in [2.45, 2.75) is 32.7 Å². The summed E-state index contributed by atoms with van der Waals surface area (Å²) in [7, 11) is 0. The molecule has 33 heavy (non-hydrogen) atoms. The first-order chi connectivity index (χ1) is 16.1. The lowest BCUT2D eigenvalue weighted by molar-refractivity contribution is -0.123. The summed E-state index contributed by atoms with van der Waals surface area (Å²) >= 11 is 1.28. The fourth-order valence-electron chi connectivity index (χ4n) is 3.55. The molecular weight excluding hydrogens is 432 g/mol. The first-order valence-corrected chi connectivity index (χ1v) is 12.5. The van der Waals surface area contributed by atoms with E-state index in [4.69, 9.17) is 14.7 Å². The van der Waals surface area contributed by atoms with Crippen molar-refractivity contribution < 1.29 is 9.53 Å². The van der Waals surface area contributed by atoms with Gasteiger partial charge in [0.15, 0.2) is 0 Å². The quantitative estimate of drug-likeness (QED) is 0.293. The van der Waals surface area contributed by atoms with E-state index in [9.17, 15) is 4.79 Å². The van der Waals surface area contributed by atoms with Crippen LogP contribution in [0.1, 0.15) is 26.7 Å². The molecule has 0 aliphatic carbocycles. The van der Waals surface area contributed by atoms with Crippen LogP contribution in [0.15, 0.2) is 66.9 Å². The summed E-state index contributed by atoms with van der Waals surface area (Å²) in [6, 6.07) is 20.7. The van der Waals surface area contributed by atoms with Gasteiger partial charge in [-0.1, -0.05) is 72.6 Å². The number of hydrogen-bond donors (Lipinski definition) is 1. The van der Waals surface area contributed by atoms with Crippen LogP contribution in [0, 0.1) is 0 Å². The Morgan fingerprint density at radius 2 is 1.64 bits per heavy atom. The van der Waals surface area contributed by atoms with Crippen molar-refractivity contribution in [3.63, 3.8) is 0 Å². The maximum Gasteiger partial charge on any atom is 0.255 e. The molecule has 0 spiro atoms. The van der Waals surface area contributed by atoms with Crippen LogP contribution in [0.5, 0.6) is 0 Å². The van der Waals surface area contributed by atoms with E-state index in [1.165, 1.54) is 11.9 Å². The Bertz CT molecular complexity index is 1000. The van der Waals surface area contributed by atoms with Crippen molar-refractivity contribution in [1.29, 1.82) is 0 Å². The molecule has 0 saturated carbocycles. The molecule has 7 heteroatoms. The van der Waals surface area contributed by atoms with Gasteiger partial charge >= 0.3 is 0 Å². The van der Waals surface area contributed by atoms with Gasteiger partial charge in [-0.15, -0.1) is 0 Å². The SMILES string of the molecule is CSNC(=O)COCCCCN(c1cnc(-c2ccccc2)c(-c2ccccc2)n1)C(C)C. The molecule has 0 aliphatic rings. The van der Waals surface area contributed by atoms with E-state index in [0.29, 0.717) is 6.61 Å². The van der Waals surface area contributed by atoms with E-state index in [0.717, 1.165) is 47.7 Å². The van der Waals surface area contributed by atoms with Crippen molar-refractivity contribution in [3.8, 4) is 22.5 Å². The molecule has 1 aromatic heterocycles. The van der Waals surface area contributed by atoms with E-state index < -0.39 is 0 Å². The van der Waals surface area contributed by atoms with Crippen molar-refractivity contribution in [2.75, 3.05) is 30.9 Å². The number of unbranched alkanes of at least 4 members (excludes halogenated alkanes) is 1. The molecule has 2 aromatic carbocycles. The predicted molar refractivity (Wildman–Crippen MR) is 137 cm³/mol. The average Bonchev–Trinajstić information content (AvgIpc) is 2.84. The molecular formula is C26H32N4O2S. The number of carbonyl (C=O) groups is 1. The second-order valence-corrected chi connectivity index (χ2v) is 8.55. The van der Waals surface area contributed by atoms with Crippen LogP contribution in [-0.2, 0) is 9.53 Å². The maximum atomic E-state index is 11.5. The first kappa shape index (κ1) is 24.7. The Kier molecular flexibility index (Phi) is 9.72. The summed E-state index contributed by atoms with van der Waals surface area (Å²) in [4.78, 5) is 23.7. The van der Waals surface area contributed by atoms with E-state index in [2.05, 4.69) is 47.7 Å². The summed E-state index contributed by atoms with van der Waals surface area (Å²) in [5, 5.41) is 0. The number of nitrogens with one attached hydrogen (secondary N) is 1. The number of carbonyl (C=O) groups excluding carboxylic acids is 1. The smallest absolute Gasteiger partial charge is 0.255 e. The van der Waals surface area contributed by atoms with Crippen molar-refractivity contribution in [1.82, 2.24) is 14.7 Å². The molecule has 0 saturated heterocycles. The molecule has 6 nitrogen and oxygen atoms in total. The third-order valence-electron chi connectivity index (χ3n) is 5.16. The molecule has 3 rings (SSSR count). The third-order valence-corrected chi connectivity index (χ3v) is 5.59. The van der Waals surface area contributed by atoms with Crippen LogP contribution in [0.25, 0.3) is 22.5 Å². The van der Waals surface area contributed by atoms with Crippen LogP contribution >= 0.6 is 11.9 Å². The molecule has 1 heterocycles. The fraction of sp³-hybridized carbons (Fsp3) is 0.346. The van der Waals surface area contributed by atoms with E-state index in [1.54, 1.807) is 0 Å². The standard InChI is InChI=1S/C26H32N4O2S/c1-20(2)30(16-10-11-17-32-19-24(31)29-33-3)23-18-27-25(21-12-6-4-7-13-21)26(28-23)22-14-8-5-9-15-22/h4-9,12-15,18,20H,10-11,16-17,19H2,1-3H3,(H,29,31). The monoisotopic (exact) mass is 464 g/mol. The van der Waals surface area contributed by atoms with Gasteiger partial charge < -0.3 is 9.64 Å². The summed E-state index contributed by atoms with van der Waals surface area (Å²) in [6.07, 6.45) is 5.50. The second kappa shape index (κ2) is 13.0. The van der Waals surface area contributed by atoms with Gasteiger partial charge in [0.05, 0.1) is 17.6 Å². The summed E-state index contributed by atoms with van der Waals surface area (Å²) in [5.41, 5.74) is 3.86. The highest BCUT2D eigenvalue weighted by molar-refractivity contribution is 7.97. The van der Waals surface area contributed by atoms with Crippen LogP contribution in [0.4, 0.5) is 5.82 Å². The maximum absolute atomic E-state index is 11.5. The lowest BCUT2D eigenvalue weighted by Gasteiger charge is -2.28. The van der Waals surface area contributed by atoms with E-state index >= 15 is 0 Å². The van der Waals surface area contributed by atoms with Crippen molar-refractivity contribution >= 4 is 23.7 Å². The van der Waals surface area contributed by atoms with Gasteiger partial charge in [-0.2, -0.15) is 0 Å². The predicted octanol–water partition coefficient (Wildman–Crippen LogP) is 5.22. The van der Waals surface area contributed by atoms with Crippen LogP contribution in [0.3, 0.4) is 0 Å². The number of rotatable bonds is 12. The topological polar surface area (TPSA) is 67.3 Å². The van der Waals surface area contributed by atoms with Gasteiger partial charge in [-0.05, 0) is 26.7 Å². The summed E-state index contributed by atoms with van der Waals surface area (Å²) in [5.74, 6) is 0.761. The number of anilines is 1. The lowest BCUT2D eigenvalue weighted by atomic mass is 10.0. The van der Waals surface area contributed by atoms with Crippen LogP contribution in [-0.4, -0.2) is 47.9 Å². The molecule has 0 aliphatic heterocycles. The zero-order valence-electron chi connectivity index (χ0n) is 19.5. The van der Waals surface area contributed by atoms with Crippen LogP contribution in [0.2, 0.25) is 0 Å². The first-order valence-electron chi connectivity index (χ1n) is 11.2. The van der Waals surface area contributed by atoms with Crippen molar-refractivity contribution in [3.05, 3.63) is 66.9 Å². The minimum absolute atomic E-state index is 0.0988. The minimum atomic E-state index is -0.103. The minimum Gasteiger partial charge on any atom is -0.372 e. The van der Waals surface area contributed by atoms with E-state index in [1.807, 2.05) is 48.9 Å². The third kappa shape index (κ3) is 7.30. The normalized spacial score (nSPS) is 10.9. The molecule has 1 N–H and O–H groups in total. The van der Waals surface area contributed by atoms with Gasteiger partial charge in [-0.25, -0.2) is 4.98 Å². The zero-order valence-corrected chi connectivity index (χ0v) is 20.3. The van der Waals surface area contributed by atoms with Gasteiger partial charge in [-0.3, -0.25) is 14.5 Å². The summed E-state index contributed by atoms with van der Waals surface area (Å²) in [6.45, 7) is 5.82. The van der Waals surface area contributed by atoms with E-state index in [-0.39, 0.29) is 18.6 Å². The van der Waals surface area contributed by atoms with Crippen molar-refractivity contribution in [2.24, 2.45) is 0 Å². The zero-order chi connectivity index (χ0) is 23.5. The fourth-order valence-corrected chi connectivity index (χ4v) is 3.84. The Balaban J connectivity index is 1.74. The van der Waals surface area contributed by atoms with Gasteiger partial charge in [0, 0.05) is 36.6 Å². The number of hydrogen-bond acceptors (Lipinski definition) is 6. The molecule has 0 unspecified atom stereocenters. The molecule has 0 fully saturated rings. The molecule has 0 atom stereocenters. The van der Waals surface area contributed by atoms with Crippen LogP contribution < -0.4 is 9.62 Å². The second-order valence-electron chi connectivity index (χ2n) is 7.93. The Labute approximate surface area is 200 Å². The lowest BCUT2D eigenvalue weighted by Crippen LogP contribution is -2.33. The largest absolute Gasteiger partial charge is 0.372 e. The Hall–Kier alpha value is -2.90. The number of amides is 1. The molecule has 1 amide bonds. The average molecular weight is 465 g/mol. The molecule has 0 radical (unpaired) electrons. The number of nitrogens with zero attached hydrogens (tertiary/aromatic N) is 3.